The van der Waals surface area contributed by atoms with Crippen molar-refractivity contribution in [1.29, 1.82) is 0 Å². The summed E-state index contributed by atoms with van der Waals surface area (Å²) >= 11 is 0. The molecule has 0 aliphatic carbocycles. The summed E-state index contributed by atoms with van der Waals surface area (Å²) in [7, 11) is 4.04. The lowest BCUT2D eigenvalue weighted by molar-refractivity contribution is -0.00000432. The molecular weight excluding hydrogens is 222 g/mol. The van der Waals surface area contributed by atoms with E-state index in [0.717, 1.165) is 0 Å². The van der Waals surface area contributed by atoms with Crippen molar-refractivity contribution >= 4 is 5.69 Å². The largest absolute Gasteiger partial charge is 1.00 e. The van der Waals surface area contributed by atoms with Gasteiger partial charge in [-0.05, 0) is 18.4 Å². The molecule has 0 aromatic heterocycles. The Kier molecular flexibility index (Phi) is 5.47. The minimum Gasteiger partial charge on any atom is -1.00 e. The smallest absolute Gasteiger partial charge is 0.184 e. The van der Waals surface area contributed by atoms with Crippen LogP contribution in [-0.4, -0.2) is 25.9 Å². The number of aryl methyl sites for hydroxylation is 1. The number of hydrogen-bond donors (Lipinski definition) is 1. The van der Waals surface area contributed by atoms with Crippen LogP contribution < -0.4 is 16.9 Å². The van der Waals surface area contributed by atoms with Crippen molar-refractivity contribution in [3.8, 4) is 0 Å². The first-order valence-corrected chi connectivity index (χ1v) is 5.43. The lowest BCUT2D eigenvalue weighted by Gasteiger charge is -2.28. The van der Waals surface area contributed by atoms with Gasteiger partial charge in [0.1, 0.15) is 5.69 Å². The zero-order valence-corrected chi connectivity index (χ0v) is 11.5. The third kappa shape index (κ3) is 3.21. The number of aliphatic hydroxyl groups excluding tert-OH is 1. The number of rotatable bonds is 3. The molecule has 0 aliphatic heterocycles. The topological polar surface area (TPSA) is 20.2 Å². The minimum atomic E-state index is 0. The van der Waals surface area contributed by atoms with Crippen molar-refractivity contribution in [3.63, 3.8) is 0 Å². The Balaban J connectivity index is 0.00000225. The highest BCUT2D eigenvalue weighted by Crippen LogP contribution is 2.27. The molecule has 0 atom stereocenters. The van der Waals surface area contributed by atoms with E-state index in [2.05, 4.69) is 39.0 Å². The van der Waals surface area contributed by atoms with E-state index in [0.29, 0.717) is 10.4 Å². The molecule has 0 amide bonds. The molecule has 0 bridgehead atoms. The Morgan fingerprint density at radius 3 is 2.25 bits per heavy atom. The molecule has 0 aliphatic rings. The molecule has 2 nitrogen and oxygen atoms in total. The summed E-state index contributed by atoms with van der Waals surface area (Å²) in [6.45, 7) is 6.60. The Morgan fingerprint density at radius 1 is 1.25 bits per heavy atom. The Labute approximate surface area is 105 Å². The third-order valence-electron chi connectivity index (χ3n) is 2.91. The molecule has 0 saturated heterocycles. The van der Waals surface area contributed by atoms with Crippen LogP contribution >= 0.6 is 0 Å². The zero-order chi connectivity index (χ0) is 11.6. The second-order valence-electron chi connectivity index (χ2n) is 5.03. The number of nitrogens with zero attached hydrogens (tertiary/aromatic N) is 1. The van der Waals surface area contributed by atoms with Crippen LogP contribution in [0.1, 0.15) is 30.9 Å². The average molecular weight is 244 g/mol. The van der Waals surface area contributed by atoms with Crippen LogP contribution in [0.4, 0.5) is 5.69 Å². The summed E-state index contributed by atoms with van der Waals surface area (Å²) in [5.74, 6) is 0.531. The van der Waals surface area contributed by atoms with Gasteiger partial charge >= 0.3 is 0 Å². The van der Waals surface area contributed by atoms with Gasteiger partial charge in [0.15, 0.2) is 6.73 Å². The summed E-state index contributed by atoms with van der Waals surface area (Å²) in [4.78, 5) is 0. The normalized spacial score (nSPS) is 11.4. The van der Waals surface area contributed by atoms with E-state index >= 15 is 0 Å². The maximum Gasteiger partial charge on any atom is 0.184 e. The highest BCUT2D eigenvalue weighted by molar-refractivity contribution is 5.51. The van der Waals surface area contributed by atoms with E-state index in [1.807, 2.05) is 14.1 Å². The van der Waals surface area contributed by atoms with E-state index < -0.39 is 0 Å². The fourth-order valence-corrected chi connectivity index (χ4v) is 1.71. The summed E-state index contributed by atoms with van der Waals surface area (Å²) in [6.07, 6.45) is 0. The molecule has 0 radical (unpaired) electrons. The van der Waals surface area contributed by atoms with E-state index in [1.54, 1.807) is 0 Å². The highest BCUT2D eigenvalue weighted by atomic mass is 35.5. The van der Waals surface area contributed by atoms with Crippen LogP contribution in [-0.2, 0) is 0 Å². The summed E-state index contributed by atoms with van der Waals surface area (Å²) in [5, 5.41) is 9.37. The summed E-state index contributed by atoms with van der Waals surface area (Å²) in [6, 6.07) is 6.51. The number of hydrogen-bond acceptors (Lipinski definition) is 1. The summed E-state index contributed by atoms with van der Waals surface area (Å²) in [5.41, 5.74) is 3.76. The quantitative estimate of drug-likeness (QED) is 0.568. The van der Waals surface area contributed by atoms with E-state index in [4.69, 9.17) is 0 Å². The van der Waals surface area contributed by atoms with Gasteiger partial charge in [-0.15, -0.1) is 0 Å². The minimum absolute atomic E-state index is 0. The van der Waals surface area contributed by atoms with Crippen molar-refractivity contribution in [3.05, 3.63) is 29.3 Å². The molecule has 1 aromatic carbocycles. The van der Waals surface area contributed by atoms with Gasteiger partial charge in [0.05, 0.1) is 14.1 Å². The van der Waals surface area contributed by atoms with Gasteiger partial charge in [-0.2, -0.15) is 0 Å². The van der Waals surface area contributed by atoms with Crippen molar-refractivity contribution in [2.24, 2.45) is 0 Å². The molecule has 0 saturated carbocycles. The maximum absolute atomic E-state index is 9.37. The van der Waals surface area contributed by atoms with Gasteiger partial charge in [-0.1, -0.05) is 26.0 Å². The predicted octanol–water partition coefficient (Wildman–Crippen LogP) is -0.361. The molecule has 0 fully saturated rings. The number of benzene rings is 1. The second-order valence-corrected chi connectivity index (χ2v) is 5.03. The number of aliphatic hydroxyl groups is 1. The van der Waals surface area contributed by atoms with Crippen LogP contribution in [0.25, 0.3) is 0 Å². The molecule has 0 unspecified atom stereocenters. The Hall–Kier alpha value is -0.570. The number of quaternary nitrogens is 1. The van der Waals surface area contributed by atoms with E-state index in [-0.39, 0.29) is 19.1 Å². The van der Waals surface area contributed by atoms with Crippen molar-refractivity contribution in [2.75, 3.05) is 20.8 Å². The fraction of sp³-hybridized carbons (Fsp3) is 0.538. The van der Waals surface area contributed by atoms with Crippen molar-refractivity contribution in [2.45, 2.75) is 26.7 Å². The molecular formula is C13H22ClNO. The molecule has 0 heterocycles. The van der Waals surface area contributed by atoms with E-state index in [1.165, 1.54) is 16.8 Å². The average Bonchev–Trinajstić information content (AvgIpc) is 2.17. The molecule has 92 valence electrons. The van der Waals surface area contributed by atoms with Crippen LogP contribution in [0.2, 0.25) is 0 Å². The number of halogens is 1. The lowest BCUT2D eigenvalue weighted by atomic mass is 10.00. The van der Waals surface area contributed by atoms with Crippen LogP contribution in [0.3, 0.4) is 0 Å². The van der Waals surface area contributed by atoms with Crippen LogP contribution in [0.15, 0.2) is 18.2 Å². The van der Waals surface area contributed by atoms with Gasteiger partial charge in [0.25, 0.3) is 0 Å². The molecule has 1 N–H and O–H groups in total. The predicted molar refractivity (Wildman–Crippen MR) is 66.0 cm³/mol. The van der Waals surface area contributed by atoms with Crippen molar-refractivity contribution in [1.82, 2.24) is 4.48 Å². The maximum atomic E-state index is 9.37. The second kappa shape index (κ2) is 5.67. The van der Waals surface area contributed by atoms with Gasteiger partial charge in [-0.3, -0.25) is 4.48 Å². The highest BCUT2D eigenvalue weighted by Gasteiger charge is 2.20. The first kappa shape index (κ1) is 15.4. The first-order valence-electron chi connectivity index (χ1n) is 5.43. The molecule has 1 rings (SSSR count). The fourth-order valence-electron chi connectivity index (χ4n) is 1.71. The standard InChI is InChI=1S/C13H22NO.ClH/c1-10(2)12-7-6-11(3)13(8-12)14(4,5)9-15;/h6-8,10,15H,9H2,1-5H3;1H/q+1;/p-1. The van der Waals surface area contributed by atoms with Gasteiger partial charge < -0.3 is 17.5 Å². The third-order valence-corrected chi connectivity index (χ3v) is 2.91. The zero-order valence-electron chi connectivity index (χ0n) is 10.8. The SMILES string of the molecule is Cc1ccc(C(C)C)cc1[N+](C)(C)CO.[Cl-]. The lowest BCUT2D eigenvalue weighted by Crippen LogP contribution is -3.00. The van der Waals surface area contributed by atoms with Gasteiger partial charge in [0, 0.05) is 11.6 Å². The Morgan fingerprint density at radius 2 is 1.81 bits per heavy atom. The summed E-state index contributed by atoms with van der Waals surface area (Å²) < 4.78 is 0.520. The van der Waals surface area contributed by atoms with E-state index in [9.17, 15) is 5.11 Å². The van der Waals surface area contributed by atoms with Gasteiger partial charge in [-0.25, -0.2) is 0 Å². The molecule has 0 spiro atoms. The molecule has 16 heavy (non-hydrogen) atoms. The monoisotopic (exact) mass is 243 g/mol. The first-order chi connectivity index (χ1) is 6.88. The Bertz CT molecular complexity index is 348. The molecule has 3 heteroatoms. The van der Waals surface area contributed by atoms with Crippen LogP contribution in [0, 0.1) is 6.92 Å². The van der Waals surface area contributed by atoms with Gasteiger partial charge in [0.2, 0.25) is 0 Å². The van der Waals surface area contributed by atoms with Crippen molar-refractivity contribution < 1.29 is 17.5 Å². The van der Waals surface area contributed by atoms with Crippen LogP contribution in [0.5, 0.6) is 0 Å². The molecule has 1 aromatic rings.